The minimum absolute atomic E-state index is 0.174. The number of aromatic nitrogens is 4. The first-order valence-electron chi connectivity index (χ1n) is 11.5. The van der Waals surface area contributed by atoms with E-state index in [-0.39, 0.29) is 5.75 Å². The second kappa shape index (κ2) is 9.40. The van der Waals surface area contributed by atoms with Gasteiger partial charge >= 0.3 is 6.11 Å². The van der Waals surface area contributed by atoms with E-state index in [4.69, 9.17) is 4.74 Å². The second-order valence-corrected chi connectivity index (χ2v) is 9.09. The van der Waals surface area contributed by atoms with Crippen molar-refractivity contribution in [3.05, 3.63) is 30.6 Å². The van der Waals surface area contributed by atoms with Gasteiger partial charge in [-0.2, -0.15) is 8.78 Å². The van der Waals surface area contributed by atoms with E-state index in [0.29, 0.717) is 24.4 Å². The highest BCUT2D eigenvalue weighted by Gasteiger charge is 2.45. The number of alkyl halides is 2. The van der Waals surface area contributed by atoms with Crippen LogP contribution in [0.2, 0.25) is 0 Å². The molecule has 0 spiro atoms. The Bertz CT molecular complexity index is 765. The van der Waals surface area contributed by atoms with E-state index in [1.807, 2.05) is 0 Å². The number of halogens is 2. The van der Waals surface area contributed by atoms with Crippen LogP contribution in [0.25, 0.3) is 5.69 Å². The summed E-state index contributed by atoms with van der Waals surface area (Å²) < 4.78 is 36.2. The lowest BCUT2D eigenvalue weighted by Gasteiger charge is -2.39. The standard InChI is InChI=1S/C23H32F2N4O/c1-2-3-17-4-6-18(7-5-17)19-8-10-20(11-9-19)23(24,25)30-22-14-12-21(13-15-22)29-16-26-27-28-29/h12-20H,2-11H2,1H3/t17-,18-,19-,20-. The van der Waals surface area contributed by atoms with Crippen LogP contribution in [0.4, 0.5) is 8.78 Å². The van der Waals surface area contributed by atoms with E-state index in [0.717, 1.165) is 24.7 Å². The zero-order valence-electron chi connectivity index (χ0n) is 17.7. The highest BCUT2D eigenvalue weighted by molar-refractivity contribution is 5.36. The maximum atomic E-state index is 14.8. The molecule has 1 aromatic carbocycles. The third-order valence-corrected chi connectivity index (χ3v) is 7.21. The fourth-order valence-electron chi connectivity index (χ4n) is 5.47. The van der Waals surface area contributed by atoms with E-state index < -0.39 is 12.0 Å². The van der Waals surface area contributed by atoms with Crippen molar-refractivity contribution in [1.29, 1.82) is 0 Å². The molecule has 4 rings (SSSR count). The molecular weight excluding hydrogens is 386 g/mol. The molecule has 30 heavy (non-hydrogen) atoms. The summed E-state index contributed by atoms with van der Waals surface area (Å²) in [7, 11) is 0. The summed E-state index contributed by atoms with van der Waals surface area (Å²) in [5.74, 6) is 1.73. The largest absolute Gasteiger partial charge is 0.432 e. The molecule has 2 aliphatic carbocycles. The number of rotatable bonds is 7. The average Bonchev–Trinajstić information content (AvgIpc) is 3.30. The molecule has 0 unspecified atom stereocenters. The van der Waals surface area contributed by atoms with Crippen LogP contribution in [0.15, 0.2) is 30.6 Å². The molecule has 1 heterocycles. The van der Waals surface area contributed by atoms with Crippen molar-refractivity contribution in [1.82, 2.24) is 20.2 Å². The summed E-state index contributed by atoms with van der Waals surface area (Å²) >= 11 is 0. The normalized spacial score (nSPS) is 27.7. The molecule has 0 aliphatic heterocycles. The zero-order valence-corrected chi connectivity index (χ0v) is 17.7. The van der Waals surface area contributed by atoms with Gasteiger partial charge in [-0.25, -0.2) is 4.68 Å². The number of hydrogen-bond acceptors (Lipinski definition) is 4. The van der Waals surface area contributed by atoms with E-state index in [2.05, 4.69) is 22.4 Å². The fourth-order valence-corrected chi connectivity index (χ4v) is 5.47. The Balaban J connectivity index is 1.27. The molecule has 2 fully saturated rings. The molecule has 0 saturated heterocycles. The topological polar surface area (TPSA) is 52.8 Å². The van der Waals surface area contributed by atoms with E-state index in [1.165, 1.54) is 49.5 Å². The SMILES string of the molecule is CCC[C@H]1CC[C@H]([C@H]2CC[C@H](C(F)(F)Oc3ccc(-n4cnnn4)cc3)CC2)CC1. The lowest BCUT2D eigenvalue weighted by molar-refractivity contribution is -0.224. The van der Waals surface area contributed by atoms with Gasteiger partial charge in [0.05, 0.1) is 11.6 Å². The molecule has 2 aromatic rings. The van der Waals surface area contributed by atoms with Gasteiger partial charge in [0.15, 0.2) is 0 Å². The van der Waals surface area contributed by atoms with E-state index in [9.17, 15) is 8.78 Å². The molecule has 7 heteroatoms. The molecule has 0 bridgehead atoms. The maximum absolute atomic E-state index is 14.8. The van der Waals surface area contributed by atoms with Crippen LogP contribution in [0.3, 0.4) is 0 Å². The van der Waals surface area contributed by atoms with E-state index in [1.54, 1.807) is 24.3 Å². The Morgan fingerprint density at radius 1 is 0.967 bits per heavy atom. The fraction of sp³-hybridized carbons (Fsp3) is 0.696. The third kappa shape index (κ3) is 4.98. The molecule has 5 nitrogen and oxygen atoms in total. The lowest BCUT2D eigenvalue weighted by atomic mass is 9.68. The van der Waals surface area contributed by atoms with Gasteiger partial charge in [-0.3, -0.25) is 0 Å². The number of benzene rings is 1. The summed E-state index contributed by atoms with van der Waals surface area (Å²) in [6.07, 6.45) is 9.10. The van der Waals surface area contributed by atoms with Crippen molar-refractivity contribution < 1.29 is 13.5 Å². The molecule has 0 N–H and O–H groups in total. The van der Waals surface area contributed by atoms with Gasteiger partial charge < -0.3 is 4.74 Å². The van der Waals surface area contributed by atoms with Crippen LogP contribution in [0.5, 0.6) is 5.75 Å². The van der Waals surface area contributed by atoms with Crippen molar-refractivity contribution in [2.24, 2.45) is 23.7 Å². The maximum Gasteiger partial charge on any atom is 0.400 e. The van der Waals surface area contributed by atoms with Crippen LogP contribution in [-0.2, 0) is 0 Å². The molecule has 0 atom stereocenters. The number of ether oxygens (including phenoxy) is 1. The molecule has 164 valence electrons. The Morgan fingerprint density at radius 3 is 2.17 bits per heavy atom. The quantitative estimate of drug-likeness (QED) is 0.549. The minimum atomic E-state index is -3.14. The van der Waals surface area contributed by atoms with Gasteiger partial charge in [0.25, 0.3) is 0 Å². The summed E-state index contributed by atoms with van der Waals surface area (Å²) in [5, 5.41) is 10.9. The van der Waals surface area contributed by atoms with Crippen molar-refractivity contribution in [3.8, 4) is 11.4 Å². The van der Waals surface area contributed by atoms with Gasteiger partial charge in [0, 0.05) is 0 Å². The first-order chi connectivity index (χ1) is 14.5. The molecule has 1 aromatic heterocycles. The summed E-state index contributed by atoms with van der Waals surface area (Å²) in [5.41, 5.74) is 0.699. The highest BCUT2D eigenvalue weighted by Crippen LogP contribution is 2.45. The van der Waals surface area contributed by atoms with Gasteiger partial charge in [0.2, 0.25) is 0 Å². The van der Waals surface area contributed by atoms with Crippen molar-refractivity contribution in [2.75, 3.05) is 0 Å². The number of hydrogen-bond donors (Lipinski definition) is 0. The monoisotopic (exact) mass is 418 g/mol. The predicted molar refractivity (Wildman–Crippen MR) is 111 cm³/mol. The highest BCUT2D eigenvalue weighted by atomic mass is 19.3. The second-order valence-electron chi connectivity index (χ2n) is 9.09. The number of nitrogens with zero attached hydrogens (tertiary/aromatic N) is 4. The average molecular weight is 419 g/mol. The first-order valence-corrected chi connectivity index (χ1v) is 11.5. The molecule has 2 saturated carbocycles. The first kappa shape index (κ1) is 21.2. The van der Waals surface area contributed by atoms with Crippen LogP contribution >= 0.6 is 0 Å². The van der Waals surface area contributed by atoms with Gasteiger partial charge in [-0.05, 0) is 91.0 Å². The number of tetrazole rings is 1. The smallest absolute Gasteiger partial charge is 0.400 e. The van der Waals surface area contributed by atoms with E-state index >= 15 is 0 Å². The van der Waals surface area contributed by atoms with Crippen LogP contribution in [-0.4, -0.2) is 26.3 Å². The third-order valence-electron chi connectivity index (χ3n) is 7.21. The Hall–Kier alpha value is -2.05. The Labute approximate surface area is 177 Å². The lowest BCUT2D eigenvalue weighted by Crippen LogP contribution is -2.38. The van der Waals surface area contributed by atoms with Crippen molar-refractivity contribution in [2.45, 2.75) is 77.2 Å². The minimum Gasteiger partial charge on any atom is -0.432 e. The van der Waals surface area contributed by atoms with Crippen molar-refractivity contribution in [3.63, 3.8) is 0 Å². The van der Waals surface area contributed by atoms with Crippen LogP contribution in [0, 0.1) is 23.7 Å². The van der Waals surface area contributed by atoms with Crippen LogP contribution in [0.1, 0.15) is 71.1 Å². The van der Waals surface area contributed by atoms with Gasteiger partial charge in [-0.15, -0.1) is 5.10 Å². The predicted octanol–water partition coefficient (Wildman–Crippen LogP) is 6.05. The van der Waals surface area contributed by atoms with Gasteiger partial charge in [0.1, 0.15) is 12.1 Å². The molecule has 0 amide bonds. The summed E-state index contributed by atoms with van der Waals surface area (Å²) in [6.45, 7) is 2.26. The molecular formula is C23H32F2N4O. The zero-order chi connectivity index (χ0) is 21.0. The Kier molecular flexibility index (Phi) is 6.64. The summed E-state index contributed by atoms with van der Waals surface area (Å²) in [4.78, 5) is 0. The van der Waals surface area contributed by atoms with Gasteiger partial charge in [-0.1, -0.05) is 32.6 Å². The molecule has 0 radical (unpaired) electrons. The Morgan fingerprint density at radius 2 is 1.60 bits per heavy atom. The molecule has 2 aliphatic rings. The van der Waals surface area contributed by atoms with Crippen molar-refractivity contribution >= 4 is 0 Å². The summed E-state index contributed by atoms with van der Waals surface area (Å²) in [6, 6.07) is 6.44. The van der Waals surface area contributed by atoms with Crippen LogP contribution < -0.4 is 4.74 Å².